The molecule has 0 heterocycles. The number of hydrogen-bond donors (Lipinski definition) is 2. The Morgan fingerprint density at radius 3 is 2.55 bits per heavy atom. The maximum Gasteiger partial charge on any atom is 0.146 e. The van der Waals surface area contributed by atoms with E-state index in [2.05, 4.69) is 12.2 Å². The third kappa shape index (κ3) is 3.29. The molecule has 20 heavy (non-hydrogen) atoms. The molecular weight excluding hydrogens is 291 g/mol. The summed E-state index contributed by atoms with van der Waals surface area (Å²) in [6, 6.07) is 12.2. The average molecular weight is 306 g/mol. The minimum atomic E-state index is -0.310. The lowest BCUT2D eigenvalue weighted by molar-refractivity contribution is 0.632. The Morgan fingerprint density at radius 1 is 1.20 bits per heavy atom. The van der Waals surface area contributed by atoms with Crippen LogP contribution in [-0.4, -0.2) is 10.7 Å². The molecular formula is C15H15FN2S2. The number of halogens is 1. The molecule has 0 fully saturated rings. The van der Waals surface area contributed by atoms with Crippen LogP contribution in [0.1, 0.15) is 12.5 Å². The van der Waals surface area contributed by atoms with E-state index in [1.165, 1.54) is 6.07 Å². The van der Waals surface area contributed by atoms with E-state index in [4.69, 9.17) is 18.0 Å². The lowest BCUT2D eigenvalue weighted by atomic mass is 10.1. The molecule has 0 saturated heterocycles. The maximum atomic E-state index is 13.7. The summed E-state index contributed by atoms with van der Waals surface area (Å²) < 4.78 is 13.7. The van der Waals surface area contributed by atoms with Crippen molar-refractivity contribution in [3.8, 4) is 0 Å². The van der Waals surface area contributed by atoms with E-state index >= 15 is 0 Å². The molecule has 2 rings (SSSR count). The van der Waals surface area contributed by atoms with Gasteiger partial charge in [-0.2, -0.15) is 0 Å². The molecule has 0 spiro atoms. The van der Waals surface area contributed by atoms with Crippen molar-refractivity contribution in [2.24, 2.45) is 5.73 Å². The second-order valence-corrected chi connectivity index (χ2v) is 5.83. The van der Waals surface area contributed by atoms with Gasteiger partial charge >= 0.3 is 0 Å². The van der Waals surface area contributed by atoms with Gasteiger partial charge in [0.25, 0.3) is 0 Å². The lowest BCUT2D eigenvalue weighted by Crippen LogP contribution is -2.13. The summed E-state index contributed by atoms with van der Waals surface area (Å²) in [6.45, 7) is 2.06. The zero-order chi connectivity index (χ0) is 14.5. The molecule has 5 heteroatoms. The number of rotatable bonds is 5. The number of nitrogens with two attached hydrogens (primary N) is 1. The van der Waals surface area contributed by atoms with Gasteiger partial charge in [-0.3, -0.25) is 0 Å². The van der Waals surface area contributed by atoms with Crippen molar-refractivity contribution in [1.29, 1.82) is 0 Å². The quantitative estimate of drug-likeness (QED) is 0.637. The van der Waals surface area contributed by atoms with Gasteiger partial charge in [-0.1, -0.05) is 37.3 Å². The highest BCUT2D eigenvalue weighted by molar-refractivity contribution is 7.99. The van der Waals surface area contributed by atoms with Gasteiger partial charge in [0.1, 0.15) is 10.8 Å². The first-order chi connectivity index (χ1) is 9.63. The van der Waals surface area contributed by atoms with E-state index in [-0.39, 0.29) is 5.82 Å². The smallest absolute Gasteiger partial charge is 0.146 e. The molecule has 0 saturated carbocycles. The van der Waals surface area contributed by atoms with Crippen molar-refractivity contribution in [3.63, 3.8) is 0 Å². The molecule has 0 aliphatic carbocycles. The fraction of sp³-hybridized carbons (Fsp3) is 0.133. The Labute approximate surface area is 127 Å². The number of thiocarbonyl (C=S) groups is 1. The minimum Gasteiger partial charge on any atom is -0.389 e. The molecule has 0 unspecified atom stereocenters. The molecule has 2 nitrogen and oxygen atoms in total. The largest absolute Gasteiger partial charge is 0.389 e. The predicted octanol–water partition coefficient (Wildman–Crippen LogP) is 4.32. The molecule has 0 atom stereocenters. The Kier molecular flexibility index (Phi) is 4.98. The molecule has 0 aromatic heterocycles. The summed E-state index contributed by atoms with van der Waals surface area (Å²) in [5, 5.41) is 3.07. The van der Waals surface area contributed by atoms with Crippen molar-refractivity contribution < 1.29 is 4.39 Å². The first kappa shape index (κ1) is 14.8. The fourth-order valence-corrected chi connectivity index (χ4v) is 3.01. The van der Waals surface area contributed by atoms with E-state index in [0.29, 0.717) is 10.7 Å². The molecule has 104 valence electrons. The van der Waals surface area contributed by atoms with Crippen LogP contribution in [0, 0.1) is 5.82 Å². The van der Waals surface area contributed by atoms with Gasteiger partial charge in [0.2, 0.25) is 0 Å². The Hall–Kier alpha value is -1.59. The second kappa shape index (κ2) is 6.72. The van der Waals surface area contributed by atoms with Crippen molar-refractivity contribution in [2.75, 3.05) is 11.1 Å². The van der Waals surface area contributed by atoms with Crippen molar-refractivity contribution in [1.82, 2.24) is 0 Å². The third-order valence-corrected chi connectivity index (χ3v) is 3.86. The summed E-state index contributed by atoms with van der Waals surface area (Å²) in [7, 11) is 0. The summed E-state index contributed by atoms with van der Waals surface area (Å²) in [4.78, 5) is 1.31. The zero-order valence-electron chi connectivity index (χ0n) is 11.0. The van der Waals surface area contributed by atoms with Crippen molar-refractivity contribution in [3.05, 3.63) is 53.8 Å². The van der Waals surface area contributed by atoms with Gasteiger partial charge in [0, 0.05) is 16.1 Å². The molecule has 0 aliphatic heterocycles. The first-order valence-corrected chi connectivity index (χ1v) is 7.60. The first-order valence-electron chi connectivity index (χ1n) is 6.20. The highest BCUT2D eigenvalue weighted by atomic mass is 32.2. The number of para-hydroxylation sites is 1. The van der Waals surface area contributed by atoms with E-state index < -0.39 is 0 Å². The van der Waals surface area contributed by atoms with Crippen LogP contribution in [0.25, 0.3) is 0 Å². The third-order valence-electron chi connectivity index (χ3n) is 2.72. The summed E-state index contributed by atoms with van der Waals surface area (Å²) >= 11 is 6.79. The van der Waals surface area contributed by atoms with Crippen molar-refractivity contribution in [2.45, 2.75) is 11.8 Å². The topological polar surface area (TPSA) is 38.0 Å². The molecule has 0 amide bonds. The van der Waals surface area contributed by atoms with Gasteiger partial charge in [-0.05, 0) is 30.0 Å². The molecule has 2 aromatic carbocycles. The number of anilines is 2. The second-order valence-electron chi connectivity index (χ2n) is 4.08. The highest BCUT2D eigenvalue weighted by Gasteiger charge is 2.12. The number of benzene rings is 2. The van der Waals surface area contributed by atoms with E-state index in [1.54, 1.807) is 30.0 Å². The molecule has 3 N–H and O–H groups in total. The van der Waals surface area contributed by atoms with E-state index in [1.807, 2.05) is 18.2 Å². The Morgan fingerprint density at radius 2 is 1.90 bits per heavy atom. The zero-order valence-corrected chi connectivity index (χ0v) is 12.7. The summed E-state index contributed by atoms with van der Waals surface area (Å²) in [5.74, 6) is 0.605. The molecule has 0 aliphatic rings. The van der Waals surface area contributed by atoms with Crippen LogP contribution in [0.5, 0.6) is 0 Å². The van der Waals surface area contributed by atoms with Gasteiger partial charge in [-0.25, -0.2) is 4.39 Å². The SMILES string of the molecule is CCSc1cccc(Nc2ccccc2F)c1C(N)=S. The average Bonchev–Trinajstić information content (AvgIpc) is 2.41. The van der Waals surface area contributed by atoms with Crippen molar-refractivity contribution >= 4 is 40.3 Å². The van der Waals surface area contributed by atoms with Crippen LogP contribution in [0.15, 0.2) is 47.4 Å². The standard InChI is InChI=1S/C15H15FN2S2/c1-2-20-13-9-5-8-12(14(13)15(17)19)18-11-7-4-3-6-10(11)16/h3-9,18H,2H2,1H3,(H2,17,19). The maximum absolute atomic E-state index is 13.7. The minimum absolute atomic E-state index is 0.306. The molecule has 2 aromatic rings. The summed E-state index contributed by atoms with van der Waals surface area (Å²) in [6.07, 6.45) is 0. The van der Waals surface area contributed by atoms with Gasteiger partial charge < -0.3 is 11.1 Å². The van der Waals surface area contributed by atoms with Crippen LogP contribution in [0.3, 0.4) is 0 Å². The molecule has 0 radical (unpaired) electrons. The Bertz CT molecular complexity index is 629. The van der Waals surface area contributed by atoms with Gasteiger partial charge in [0.05, 0.1) is 5.69 Å². The number of thioether (sulfide) groups is 1. The fourth-order valence-electron chi connectivity index (χ4n) is 1.87. The van der Waals surface area contributed by atoms with Gasteiger partial charge in [0.15, 0.2) is 0 Å². The van der Waals surface area contributed by atoms with Gasteiger partial charge in [-0.15, -0.1) is 11.8 Å². The normalized spacial score (nSPS) is 10.3. The van der Waals surface area contributed by atoms with Crippen LogP contribution in [0.2, 0.25) is 0 Å². The van der Waals surface area contributed by atoms with Crippen LogP contribution in [0.4, 0.5) is 15.8 Å². The van der Waals surface area contributed by atoms with Crippen LogP contribution < -0.4 is 11.1 Å². The number of nitrogens with one attached hydrogen (secondary N) is 1. The lowest BCUT2D eigenvalue weighted by Gasteiger charge is -2.15. The monoisotopic (exact) mass is 306 g/mol. The predicted molar refractivity (Wildman–Crippen MR) is 88.4 cm³/mol. The van der Waals surface area contributed by atoms with Crippen LogP contribution >= 0.6 is 24.0 Å². The van der Waals surface area contributed by atoms with E-state index in [0.717, 1.165) is 21.9 Å². The number of hydrogen-bond acceptors (Lipinski definition) is 3. The summed E-state index contributed by atoms with van der Waals surface area (Å²) in [5.41, 5.74) is 7.71. The Balaban J connectivity index is 2.44. The van der Waals surface area contributed by atoms with Crippen LogP contribution in [-0.2, 0) is 0 Å². The van der Waals surface area contributed by atoms with E-state index in [9.17, 15) is 4.39 Å². The highest BCUT2D eigenvalue weighted by Crippen LogP contribution is 2.31. The molecule has 0 bridgehead atoms.